The van der Waals surface area contributed by atoms with Crippen LogP contribution in [0.1, 0.15) is 25.8 Å². The molecule has 2 heterocycles. The minimum atomic E-state index is -0.278. The van der Waals surface area contributed by atoms with E-state index in [1.807, 2.05) is 11.0 Å². The fourth-order valence-corrected chi connectivity index (χ4v) is 3.54. The summed E-state index contributed by atoms with van der Waals surface area (Å²) in [5.74, 6) is 0.804. The molecule has 3 nitrogen and oxygen atoms in total. The first-order valence-corrected chi connectivity index (χ1v) is 7.14. The second-order valence-electron chi connectivity index (χ2n) is 6.40. The van der Waals surface area contributed by atoms with Crippen molar-refractivity contribution in [2.24, 2.45) is 5.92 Å². The van der Waals surface area contributed by atoms with Crippen molar-refractivity contribution in [3.8, 4) is 0 Å². The van der Waals surface area contributed by atoms with Crippen LogP contribution in [0.3, 0.4) is 0 Å². The predicted molar refractivity (Wildman–Crippen MR) is 77.4 cm³/mol. The summed E-state index contributed by atoms with van der Waals surface area (Å²) >= 11 is 0. The lowest BCUT2D eigenvalue weighted by molar-refractivity contribution is -0.122. The zero-order valence-electron chi connectivity index (χ0n) is 12.0. The minimum absolute atomic E-state index is 0.278. The molecule has 3 heteroatoms. The monoisotopic (exact) mass is 258 g/mol. The van der Waals surface area contributed by atoms with Gasteiger partial charge < -0.3 is 9.80 Å². The molecule has 2 aliphatic heterocycles. The lowest BCUT2D eigenvalue weighted by Crippen LogP contribution is -2.43. The maximum atomic E-state index is 13.0. The molecule has 1 atom stereocenters. The highest BCUT2D eigenvalue weighted by Gasteiger charge is 2.53. The van der Waals surface area contributed by atoms with Crippen molar-refractivity contribution in [3.05, 3.63) is 29.8 Å². The first kappa shape index (κ1) is 12.7. The lowest BCUT2D eigenvalue weighted by atomic mass is 9.81. The van der Waals surface area contributed by atoms with E-state index >= 15 is 0 Å². The molecule has 2 aliphatic rings. The Morgan fingerprint density at radius 2 is 2.05 bits per heavy atom. The highest BCUT2D eigenvalue weighted by atomic mass is 16.2. The van der Waals surface area contributed by atoms with Gasteiger partial charge in [0.1, 0.15) is 0 Å². The van der Waals surface area contributed by atoms with Crippen molar-refractivity contribution < 1.29 is 4.79 Å². The summed E-state index contributed by atoms with van der Waals surface area (Å²) in [5.41, 5.74) is 2.10. The average molecular weight is 258 g/mol. The molecule has 1 spiro atoms. The number of carbonyl (C=O) groups excluding carboxylic acids is 1. The van der Waals surface area contributed by atoms with Gasteiger partial charge in [-0.2, -0.15) is 0 Å². The van der Waals surface area contributed by atoms with E-state index < -0.39 is 0 Å². The smallest absolute Gasteiger partial charge is 0.239 e. The molecule has 1 amide bonds. The van der Waals surface area contributed by atoms with Gasteiger partial charge in [-0.05, 0) is 37.6 Å². The molecule has 0 aliphatic carbocycles. The maximum absolute atomic E-state index is 13.0. The zero-order valence-corrected chi connectivity index (χ0v) is 12.0. The van der Waals surface area contributed by atoms with Crippen molar-refractivity contribution >= 4 is 11.6 Å². The van der Waals surface area contributed by atoms with Gasteiger partial charge in [0.2, 0.25) is 5.91 Å². The normalized spacial score (nSPS) is 26.7. The number of hydrogen-bond acceptors (Lipinski definition) is 2. The molecule has 1 aromatic rings. The number of hydrogen-bond donors (Lipinski definition) is 0. The summed E-state index contributed by atoms with van der Waals surface area (Å²) in [4.78, 5) is 17.3. The zero-order chi connectivity index (χ0) is 13.6. The van der Waals surface area contributed by atoms with Crippen molar-refractivity contribution in [2.45, 2.75) is 25.7 Å². The summed E-state index contributed by atoms with van der Waals surface area (Å²) in [7, 11) is 2.11. The highest BCUT2D eigenvalue weighted by molar-refractivity contribution is 6.08. The van der Waals surface area contributed by atoms with E-state index in [0.29, 0.717) is 11.8 Å². The van der Waals surface area contributed by atoms with E-state index in [0.717, 1.165) is 31.7 Å². The van der Waals surface area contributed by atoms with E-state index in [1.54, 1.807) is 0 Å². The van der Waals surface area contributed by atoms with Gasteiger partial charge in [0.25, 0.3) is 0 Å². The topological polar surface area (TPSA) is 23.6 Å². The number of rotatable bonds is 2. The second-order valence-corrected chi connectivity index (χ2v) is 6.40. The maximum Gasteiger partial charge on any atom is 0.239 e. The van der Waals surface area contributed by atoms with E-state index in [4.69, 9.17) is 0 Å². The minimum Gasteiger partial charge on any atom is -0.311 e. The van der Waals surface area contributed by atoms with Gasteiger partial charge in [0.15, 0.2) is 0 Å². The van der Waals surface area contributed by atoms with Gasteiger partial charge in [-0.3, -0.25) is 4.79 Å². The average Bonchev–Trinajstić information content (AvgIpc) is 2.86. The van der Waals surface area contributed by atoms with Crippen molar-refractivity contribution in [3.63, 3.8) is 0 Å². The fraction of sp³-hybridized carbons (Fsp3) is 0.562. The highest BCUT2D eigenvalue weighted by Crippen LogP contribution is 2.47. The van der Waals surface area contributed by atoms with Crippen LogP contribution in [-0.4, -0.2) is 37.5 Å². The van der Waals surface area contributed by atoms with Crippen LogP contribution in [0.5, 0.6) is 0 Å². The Morgan fingerprint density at radius 3 is 2.68 bits per heavy atom. The summed E-state index contributed by atoms with van der Waals surface area (Å²) in [5, 5.41) is 0. The largest absolute Gasteiger partial charge is 0.311 e. The van der Waals surface area contributed by atoms with E-state index in [2.05, 4.69) is 44.0 Å². The van der Waals surface area contributed by atoms with Gasteiger partial charge >= 0.3 is 0 Å². The van der Waals surface area contributed by atoms with E-state index in [-0.39, 0.29) is 5.41 Å². The number of likely N-dealkylation sites (N-methyl/N-ethyl adjacent to an activating group) is 1. The summed E-state index contributed by atoms with van der Waals surface area (Å²) in [6, 6.07) is 8.34. The summed E-state index contributed by atoms with van der Waals surface area (Å²) in [6.45, 7) is 7.03. The number of para-hydroxylation sites is 1. The SMILES string of the molecule is CC(C)CN1C(=O)C2(CCN(C)C2)c2ccccc21. The Kier molecular flexibility index (Phi) is 2.90. The Hall–Kier alpha value is -1.35. The molecule has 1 aromatic carbocycles. The number of anilines is 1. The van der Waals surface area contributed by atoms with Crippen LogP contribution in [-0.2, 0) is 10.2 Å². The van der Waals surface area contributed by atoms with Crippen LogP contribution in [0.2, 0.25) is 0 Å². The van der Waals surface area contributed by atoms with Gasteiger partial charge in [0.05, 0.1) is 5.41 Å². The lowest BCUT2D eigenvalue weighted by Gasteiger charge is -2.24. The molecular formula is C16H22N2O. The number of nitrogens with zero attached hydrogens (tertiary/aromatic N) is 2. The number of benzene rings is 1. The first-order valence-electron chi connectivity index (χ1n) is 7.14. The fourth-order valence-electron chi connectivity index (χ4n) is 3.54. The number of amides is 1. The van der Waals surface area contributed by atoms with Gasteiger partial charge in [-0.1, -0.05) is 32.0 Å². The molecule has 0 radical (unpaired) electrons. The molecule has 1 unspecified atom stereocenters. The van der Waals surface area contributed by atoms with Crippen molar-refractivity contribution in [2.75, 3.05) is 31.6 Å². The van der Waals surface area contributed by atoms with E-state index in [1.165, 1.54) is 5.56 Å². The quantitative estimate of drug-likeness (QED) is 0.812. The van der Waals surface area contributed by atoms with Crippen molar-refractivity contribution in [1.82, 2.24) is 4.90 Å². The molecule has 0 aromatic heterocycles. The number of carbonyl (C=O) groups is 1. The van der Waals surface area contributed by atoms with Gasteiger partial charge in [0, 0.05) is 18.8 Å². The summed E-state index contributed by atoms with van der Waals surface area (Å²) < 4.78 is 0. The molecule has 0 saturated carbocycles. The first-order chi connectivity index (χ1) is 9.04. The number of likely N-dealkylation sites (tertiary alicyclic amines) is 1. The standard InChI is InChI=1S/C16H22N2O/c1-12(2)10-18-14-7-5-4-6-13(14)16(15(18)19)8-9-17(3)11-16/h4-7,12H,8-11H2,1-3H3. The number of fused-ring (bicyclic) bond motifs is 2. The molecular weight excluding hydrogens is 236 g/mol. The van der Waals surface area contributed by atoms with Crippen LogP contribution in [0.4, 0.5) is 5.69 Å². The van der Waals surface area contributed by atoms with Crippen LogP contribution < -0.4 is 4.90 Å². The van der Waals surface area contributed by atoms with Gasteiger partial charge in [-0.25, -0.2) is 0 Å². The van der Waals surface area contributed by atoms with Gasteiger partial charge in [-0.15, -0.1) is 0 Å². The molecule has 19 heavy (non-hydrogen) atoms. The van der Waals surface area contributed by atoms with E-state index in [9.17, 15) is 4.79 Å². The molecule has 1 fully saturated rings. The summed E-state index contributed by atoms with van der Waals surface area (Å²) in [6.07, 6.45) is 0.952. The van der Waals surface area contributed by atoms with Crippen LogP contribution in [0, 0.1) is 5.92 Å². The third-order valence-electron chi connectivity index (χ3n) is 4.37. The van der Waals surface area contributed by atoms with Crippen LogP contribution in [0.15, 0.2) is 24.3 Å². The third-order valence-corrected chi connectivity index (χ3v) is 4.37. The van der Waals surface area contributed by atoms with Crippen molar-refractivity contribution in [1.29, 1.82) is 0 Å². The predicted octanol–water partition coefficient (Wildman–Crippen LogP) is 2.26. The molecule has 0 bridgehead atoms. The third kappa shape index (κ3) is 1.79. The Labute approximate surface area is 115 Å². The molecule has 1 saturated heterocycles. The Balaban J connectivity index is 2.07. The molecule has 3 rings (SSSR count). The second kappa shape index (κ2) is 4.34. The Morgan fingerprint density at radius 1 is 1.32 bits per heavy atom. The van der Waals surface area contributed by atoms with Crippen LogP contribution >= 0.6 is 0 Å². The van der Waals surface area contributed by atoms with Crippen LogP contribution in [0.25, 0.3) is 0 Å². The molecule has 102 valence electrons. The Bertz CT molecular complexity index is 511. The molecule has 0 N–H and O–H groups in total.